The lowest BCUT2D eigenvalue weighted by Crippen LogP contribution is -2.23. The van der Waals surface area contributed by atoms with Crippen LogP contribution in [0.25, 0.3) is 0 Å². The smallest absolute Gasteiger partial charge is 0.0300 e. The van der Waals surface area contributed by atoms with Crippen LogP contribution >= 0.6 is 0 Å². The van der Waals surface area contributed by atoms with E-state index in [4.69, 9.17) is 0 Å². The van der Waals surface area contributed by atoms with Gasteiger partial charge in [0.2, 0.25) is 0 Å². The van der Waals surface area contributed by atoms with Crippen molar-refractivity contribution in [1.82, 2.24) is 10.3 Å². The summed E-state index contributed by atoms with van der Waals surface area (Å²) in [6, 6.07) is 11.4. The second kappa shape index (κ2) is 5.98. The largest absolute Gasteiger partial charge is 0.304 e. The first kappa shape index (κ1) is 13.8. The Kier molecular flexibility index (Phi) is 4.33. The van der Waals surface area contributed by atoms with Gasteiger partial charge in [-0.1, -0.05) is 23.8 Å². The lowest BCUT2D eigenvalue weighted by molar-refractivity contribution is 0.493. The molecule has 2 rings (SSSR count). The molecule has 0 saturated heterocycles. The van der Waals surface area contributed by atoms with Gasteiger partial charge in [0, 0.05) is 24.5 Å². The minimum Gasteiger partial charge on any atom is -0.304 e. The van der Waals surface area contributed by atoms with E-state index in [9.17, 15) is 0 Å². The summed E-state index contributed by atoms with van der Waals surface area (Å²) in [5, 5.41) is 3.64. The molecule has 0 amide bonds. The fourth-order valence-corrected chi connectivity index (χ4v) is 2.52. The Bertz CT molecular complexity index is 534. The molecule has 2 unspecified atom stereocenters. The van der Waals surface area contributed by atoms with Crippen LogP contribution in [0.3, 0.4) is 0 Å². The van der Waals surface area contributed by atoms with Gasteiger partial charge in [-0.3, -0.25) is 4.98 Å². The molecule has 0 aliphatic carbocycles. The van der Waals surface area contributed by atoms with Gasteiger partial charge in [-0.05, 0) is 56.5 Å². The minimum absolute atomic E-state index is 0.318. The van der Waals surface area contributed by atoms with Crippen molar-refractivity contribution in [1.29, 1.82) is 0 Å². The Morgan fingerprint density at radius 1 is 0.947 bits per heavy atom. The summed E-state index contributed by atoms with van der Waals surface area (Å²) >= 11 is 0. The third-order valence-electron chi connectivity index (χ3n) is 3.60. The Hall–Kier alpha value is -1.67. The van der Waals surface area contributed by atoms with E-state index in [-0.39, 0.29) is 0 Å². The van der Waals surface area contributed by atoms with Gasteiger partial charge in [0.05, 0.1) is 0 Å². The molecule has 19 heavy (non-hydrogen) atoms. The van der Waals surface area contributed by atoms with E-state index >= 15 is 0 Å². The molecular formula is C17H22N2. The summed E-state index contributed by atoms with van der Waals surface area (Å²) in [6.07, 6.45) is 3.69. The Morgan fingerprint density at radius 3 is 2.26 bits per heavy atom. The molecule has 0 aliphatic heterocycles. The summed E-state index contributed by atoms with van der Waals surface area (Å²) in [5.74, 6) is 0. The fraction of sp³-hybridized carbons (Fsp3) is 0.353. The molecule has 2 aromatic rings. The molecular weight excluding hydrogens is 232 g/mol. The monoisotopic (exact) mass is 254 g/mol. The summed E-state index contributed by atoms with van der Waals surface area (Å²) < 4.78 is 0. The summed E-state index contributed by atoms with van der Waals surface area (Å²) in [5.41, 5.74) is 5.30. The van der Waals surface area contributed by atoms with Crippen molar-refractivity contribution in [2.45, 2.75) is 39.8 Å². The second-order valence-corrected chi connectivity index (χ2v) is 5.25. The minimum atomic E-state index is 0.318. The Labute approximate surface area is 115 Å². The zero-order chi connectivity index (χ0) is 13.8. The summed E-state index contributed by atoms with van der Waals surface area (Å²) in [4.78, 5) is 4.06. The maximum atomic E-state index is 4.06. The average molecular weight is 254 g/mol. The molecule has 0 radical (unpaired) electrons. The van der Waals surface area contributed by atoms with Crippen LogP contribution in [-0.4, -0.2) is 4.98 Å². The lowest BCUT2D eigenvalue weighted by atomic mass is 9.99. The number of nitrogens with zero attached hydrogens (tertiary/aromatic N) is 1. The highest BCUT2D eigenvalue weighted by Crippen LogP contribution is 2.22. The van der Waals surface area contributed by atoms with E-state index in [1.165, 1.54) is 22.3 Å². The molecule has 1 aromatic heterocycles. The number of nitrogens with one attached hydrogen (secondary N) is 1. The molecule has 0 fully saturated rings. The van der Waals surface area contributed by atoms with E-state index in [1.807, 2.05) is 12.4 Å². The van der Waals surface area contributed by atoms with Gasteiger partial charge in [0.1, 0.15) is 0 Å². The molecule has 1 heterocycles. The molecule has 0 aliphatic rings. The first-order valence-corrected chi connectivity index (χ1v) is 6.81. The molecule has 1 aromatic carbocycles. The van der Waals surface area contributed by atoms with Crippen molar-refractivity contribution in [3.8, 4) is 0 Å². The highest BCUT2D eigenvalue weighted by atomic mass is 14.9. The molecule has 100 valence electrons. The van der Waals surface area contributed by atoms with Gasteiger partial charge in [0.15, 0.2) is 0 Å². The predicted molar refractivity (Wildman–Crippen MR) is 80.1 cm³/mol. The van der Waals surface area contributed by atoms with Gasteiger partial charge in [-0.2, -0.15) is 0 Å². The van der Waals surface area contributed by atoms with E-state index in [0.717, 1.165) is 0 Å². The van der Waals surface area contributed by atoms with E-state index in [2.05, 4.69) is 68.3 Å². The predicted octanol–water partition coefficient (Wildman–Crippen LogP) is 4.11. The third-order valence-corrected chi connectivity index (χ3v) is 3.60. The summed E-state index contributed by atoms with van der Waals surface area (Å²) in [6.45, 7) is 8.72. The van der Waals surface area contributed by atoms with Crippen LogP contribution in [0.2, 0.25) is 0 Å². The van der Waals surface area contributed by atoms with Crippen LogP contribution in [-0.2, 0) is 0 Å². The van der Waals surface area contributed by atoms with Crippen LogP contribution in [0.1, 0.15) is 48.2 Å². The van der Waals surface area contributed by atoms with Crippen molar-refractivity contribution in [2.75, 3.05) is 0 Å². The third kappa shape index (κ3) is 3.42. The van der Waals surface area contributed by atoms with Crippen LogP contribution < -0.4 is 5.32 Å². The van der Waals surface area contributed by atoms with E-state index < -0.39 is 0 Å². The van der Waals surface area contributed by atoms with Gasteiger partial charge in [-0.25, -0.2) is 0 Å². The maximum Gasteiger partial charge on any atom is 0.0300 e. The highest BCUT2D eigenvalue weighted by molar-refractivity contribution is 5.32. The molecule has 0 saturated carbocycles. The Balaban J connectivity index is 2.10. The number of pyridine rings is 1. The molecule has 2 nitrogen and oxygen atoms in total. The molecule has 2 heteroatoms. The number of rotatable bonds is 4. The van der Waals surface area contributed by atoms with Crippen molar-refractivity contribution < 1.29 is 0 Å². The first-order valence-electron chi connectivity index (χ1n) is 6.81. The standard InChI is InChI=1S/C17H22N2/c1-12-5-6-17(13(2)11-12)15(4)19-14(3)16-7-9-18-10-8-16/h5-11,14-15,19H,1-4H3. The van der Waals surface area contributed by atoms with Gasteiger partial charge >= 0.3 is 0 Å². The maximum absolute atomic E-state index is 4.06. The van der Waals surface area contributed by atoms with E-state index in [0.29, 0.717) is 12.1 Å². The quantitative estimate of drug-likeness (QED) is 0.888. The van der Waals surface area contributed by atoms with Gasteiger partial charge < -0.3 is 5.32 Å². The van der Waals surface area contributed by atoms with Gasteiger partial charge in [-0.15, -0.1) is 0 Å². The molecule has 0 bridgehead atoms. The van der Waals surface area contributed by atoms with Crippen LogP contribution in [0.4, 0.5) is 0 Å². The zero-order valence-electron chi connectivity index (χ0n) is 12.1. The summed E-state index contributed by atoms with van der Waals surface area (Å²) in [7, 11) is 0. The second-order valence-electron chi connectivity index (χ2n) is 5.25. The molecule has 2 atom stereocenters. The van der Waals surface area contributed by atoms with Gasteiger partial charge in [0.25, 0.3) is 0 Å². The van der Waals surface area contributed by atoms with Crippen LogP contribution in [0, 0.1) is 13.8 Å². The average Bonchev–Trinajstić information content (AvgIpc) is 2.39. The van der Waals surface area contributed by atoms with Crippen molar-refractivity contribution in [3.63, 3.8) is 0 Å². The SMILES string of the molecule is Cc1ccc(C(C)NC(C)c2ccncc2)c(C)c1. The topological polar surface area (TPSA) is 24.9 Å². The zero-order valence-corrected chi connectivity index (χ0v) is 12.1. The first-order chi connectivity index (χ1) is 9.08. The van der Waals surface area contributed by atoms with Crippen molar-refractivity contribution >= 4 is 0 Å². The van der Waals surface area contributed by atoms with Crippen LogP contribution in [0.5, 0.6) is 0 Å². The molecule has 1 N–H and O–H groups in total. The van der Waals surface area contributed by atoms with Crippen molar-refractivity contribution in [2.24, 2.45) is 0 Å². The number of aryl methyl sites for hydroxylation is 2. The number of benzene rings is 1. The number of hydrogen-bond acceptors (Lipinski definition) is 2. The number of aromatic nitrogens is 1. The van der Waals surface area contributed by atoms with Crippen molar-refractivity contribution in [3.05, 3.63) is 65.0 Å². The molecule has 0 spiro atoms. The normalized spacial score (nSPS) is 14.1. The Morgan fingerprint density at radius 2 is 1.63 bits per heavy atom. The highest BCUT2D eigenvalue weighted by Gasteiger charge is 2.12. The van der Waals surface area contributed by atoms with Crippen LogP contribution in [0.15, 0.2) is 42.7 Å². The van der Waals surface area contributed by atoms with E-state index in [1.54, 1.807) is 0 Å². The number of hydrogen-bond donors (Lipinski definition) is 1. The fourth-order valence-electron chi connectivity index (χ4n) is 2.52. The lowest BCUT2D eigenvalue weighted by Gasteiger charge is -2.22.